The Morgan fingerprint density at radius 2 is 2.04 bits per heavy atom. The zero-order valence-corrected chi connectivity index (χ0v) is 15.0. The van der Waals surface area contributed by atoms with Crippen molar-refractivity contribution in [2.75, 3.05) is 0 Å². The van der Waals surface area contributed by atoms with Crippen LogP contribution in [0.4, 0.5) is 0 Å². The van der Waals surface area contributed by atoms with Gasteiger partial charge in [-0.25, -0.2) is 0 Å². The number of aromatic nitrogens is 1. The van der Waals surface area contributed by atoms with E-state index in [1.54, 1.807) is 11.3 Å². The van der Waals surface area contributed by atoms with E-state index in [1.807, 2.05) is 24.4 Å². The first-order chi connectivity index (χ1) is 11.2. The molecule has 3 nitrogen and oxygen atoms in total. The van der Waals surface area contributed by atoms with E-state index in [2.05, 4.69) is 27.3 Å². The standard InChI is InChI=1S/C17H18ClN3S2/c18-14-9-8-13(23-14)16-15(12-7-3-4-10-19-12)20-17(22)21(16)11-5-1-2-6-11/h3-4,7-11,15-16H,1-2,5-6H2,(H,20,22). The number of pyridine rings is 1. The number of hydrogen-bond donors (Lipinski definition) is 1. The summed E-state index contributed by atoms with van der Waals surface area (Å²) in [6.07, 6.45) is 6.85. The zero-order chi connectivity index (χ0) is 15.8. The van der Waals surface area contributed by atoms with Crippen LogP contribution in [0.25, 0.3) is 0 Å². The van der Waals surface area contributed by atoms with Gasteiger partial charge in [0.2, 0.25) is 0 Å². The maximum absolute atomic E-state index is 6.21. The van der Waals surface area contributed by atoms with Crippen molar-refractivity contribution >= 4 is 40.3 Å². The molecule has 120 valence electrons. The number of hydrogen-bond acceptors (Lipinski definition) is 3. The largest absolute Gasteiger partial charge is 0.352 e. The second kappa shape index (κ2) is 6.38. The summed E-state index contributed by atoms with van der Waals surface area (Å²) < 4.78 is 0.823. The molecule has 3 heterocycles. The number of rotatable bonds is 3. The third-order valence-corrected chi connectivity index (χ3v) is 6.37. The topological polar surface area (TPSA) is 28.2 Å². The molecule has 1 saturated heterocycles. The van der Waals surface area contributed by atoms with Gasteiger partial charge in [0.15, 0.2) is 5.11 Å². The normalized spacial score (nSPS) is 25.1. The minimum atomic E-state index is 0.0824. The van der Waals surface area contributed by atoms with Crippen LogP contribution < -0.4 is 5.32 Å². The van der Waals surface area contributed by atoms with Gasteiger partial charge in [0.1, 0.15) is 0 Å². The van der Waals surface area contributed by atoms with Gasteiger partial charge in [0.25, 0.3) is 0 Å². The molecule has 6 heteroatoms. The lowest BCUT2D eigenvalue weighted by Gasteiger charge is -2.32. The van der Waals surface area contributed by atoms with Gasteiger partial charge in [-0.15, -0.1) is 11.3 Å². The average Bonchev–Trinajstić information content (AvgIpc) is 3.27. The molecule has 1 aliphatic carbocycles. The van der Waals surface area contributed by atoms with Crippen LogP contribution in [0.15, 0.2) is 36.5 Å². The Morgan fingerprint density at radius 1 is 1.22 bits per heavy atom. The fourth-order valence-electron chi connectivity index (χ4n) is 3.73. The van der Waals surface area contributed by atoms with Gasteiger partial charge >= 0.3 is 0 Å². The molecular formula is C17H18ClN3S2. The lowest BCUT2D eigenvalue weighted by atomic mass is 10.0. The van der Waals surface area contributed by atoms with Gasteiger partial charge in [0.05, 0.1) is 22.1 Å². The van der Waals surface area contributed by atoms with Gasteiger partial charge in [-0.3, -0.25) is 4.98 Å². The fourth-order valence-corrected chi connectivity index (χ4v) is 5.32. The molecule has 0 aromatic carbocycles. The van der Waals surface area contributed by atoms with Crippen molar-refractivity contribution in [2.45, 2.75) is 43.8 Å². The summed E-state index contributed by atoms with van der Waals surface area (Å²) in [5.74, 6) is 0. The van der Waals surface area contributed by atoms with Crippen LogP contribution in [0.2, 0.25) is 4.34 Å². The van der Waals surface area contributed by atoms with Crippen LogP contribution in [0.1, 0.15) is 48.3 Å². The monoisotopic (exact) mass is 363 g/mol. The summed E-state index contributed by atoms with van der Waals surface area (Å²) in [6, 6.07) is 10.9. The molecule has 1 saturated carbocycles. The third kappa shape index (κ3) is 2.86. The molecule has 0 amide bonds. The van der Waals surface area contributed by atoms with E-state index in [1.165, 1.54) is 30.6 Å². The van der Waals surface area contributed by atoms with Crippen molar-refractivity contribution in [3.05, 3.63) is 51.4 Å². The number of thiophene rings is 1. The highest BCUT2D eigenvalue weighted by atomic mass is 35.5. The predicted octanol–water partition coefficient (Wildman–Crippen LogP) is 4.71. The molecule has 2 aliphatic rings. The summed E-state index contributed by atoms with van der Waals surface area (Å²) in [6.45, 7) is 0. The van der Waals surface area contributed by atoms with E-state index >= 15 is 0 Å². The summed E-state index contributed by atoms with van der Waals surface area (Å²) in [4.78, 5) is 8.22. The molecule has 0 spiro atoms. The van der Waals surface area contributed by atoms with Crippen molar-refractivity contribution in [3.8, 4) is 0 Å². The smallest absolute Gasteiger partial charge is 0.170 e. The third-order valence-electron chi connectivity index (χ3n) is 4.74. The Labute approximate surface area is 150 Å². The summed E-state index contributed by atoms with van der Waals surface area (Å²) >= 11 is 13.5. The van der Waals surface area contributed by atoms with Crippen molar-refractivity contribution in [1.82, 2.24) is 15.2 Å². The van der Waals surface area contributed by atoms with Crippen LogP contribution in [0.3, 0.4) is 0 Å². The van der Waals surface area contributed by atoms with Crippen LogP contribution in [0.5, 0.6) is 0 Å². The van der Waals surface area contributed by atoms with Crippen LogP contribution in [-0.2, 0) is 0 Å². The van der Waals surface area contributed by atoms with Crippen LogP contribution in [0, 0.1) is 0 Å². The second-order valence-corrected chi connectivity index (χ2v) is 8.25. The second-order valence-electron chi connectivity index (χ2n) is 6.11. The molecule has 2 aromatic heterocycles. The van der Waals surface area contributed by atoms with Crippen molar-refractivity contribution in [2.24, 2.45) is 0 Å². The van der Waals surface area contributed by atoms with Crippen molar-refractivity contribution < 1.29 is 0 Å². The Kier molecular flexibility index (Phi) is 4.26. The minimum Gasteiger partial charge on any atom is -0.352 e. The molecular weight excluding hydrogens is 346 g/mol. The van der Waals surface area contributed by atoms with Crippen LogP contribution in [-0.4, -0.2) is 21.0 Å². The molecule has 2 aromatic rings. The van der Waals surface area contributed by atoms with Crippen molar-refractivity contribution in [1.29, 1.82) is 0 Å². The van der Waals surface area contributed by atoms with E-state index < -0.39 is 0 Å². The van der Waals surface area contributed by atoms with Gasteiger partial charge in [-0.1, -0.05) is 30.5 Å². The van der Waals surface area contributed by atoms with Gasteiger partial charge in [-0.2, -0.15) is 0 Å². The number of halogens is 1. The number of nitrogens with one attached hydrogen (secondary N) is 1. The van der Waals surface area contributed by atoms with Crippen molar-refractivity contribution in [3.63, 3.8) is 0 Å². The summed E-state index contributed by atoms with van der Waals surface area (Å²) in [5.41, 5.74) is 1.03. The molecule has 4 rings (SSSR count). The van der Waals surface area contributed by atoms with Gasteiger partial charge < -0.3 is 10.2 Å². The van der Waals surface area contributed by atoms with Gasteiger partial charge in [0, 0.05) is 17.1 Å². The van der Waals surface area contributed by atoms with Crippen LogP contribution >= 0.6 is 35.2 Å². The molecule has 23 heavy (non-hydrogen) atoms. The average molecular weight is 364 g/mol. The summed E-state index contributed by atoms with van der Waals surface area (Å²) in [7, 11) is 0. The molecule has 0 radical (unpaired) electrons. The molecule has 1 N–H and O–H groups in total. The fraction of sp³-hybridized carbons (Fsp3) is 0.412. The minimum absolute atomic E-state index is 0.0824. The predicted molar refractivity (Wildman–Crippen MR) is 98.9 cm³/mol. The molecule has 2 unspecified atom stereocenters. The van der Waals surface area contributed by atoms with Gasteiger partial charge in [-0.05, 0) is 49.3 Å². The SMILES string of the molecule is S=C1NC(c2ccccn2)C(c2ccc(Cl)s2)N1C1CCCC1. The first-order valence-electron chi connectivity index (χ1n) is 7.99. The first kappa shape index (κ1) is 15.4. The Balaban J connectivity index is 1.75. The lowest BCUT2D eigenvalue weighted by Crippen LogP contribution is -2.37. The Morgan fingerprint density at radius 3 is 2.70 bits per heavy atom. The highest BCUT2D eigenvalue weighted by molar-refractivity contribution is 7.80. The number of nitrogens with zero attached hydrogens (tertiary/aromatic N) is 2. The van der Waals surface area contributed by atoms with E-state index in [-0.39, 0.29) is 12.1 Å². The highest BCUT2D eigenvalue weighted by Gasteiger charge is 2.44. The van der Waals surface area contributed by atoms with E-state index in [9.17, 15) is 0 Å². The first-order valence-corrected chi connectivity index (χ1v) is 9.59. The molecule has 2 fully saturated rings. The quantitative estimate of drug-likeness (QED) is 0.799. The highest BCUT2D eigenvalue weighted by Crippen LogP contribution is 2.45. The zero-order valence-electron chi connectivity index (χ0n) is 12.6. The van der Waals surface area contributed by atoms with E-state index in [4.69, 9.17) is 23.8 Å². The molecule has 1 aliphatic heterocycles. The Hall–Kier alpha value is -1.17. The lowest BCUT2D eigenvalue weighted by molar-refractivity contribution is 0.249. The van der Waals surface area contributed by atoms with E-state index in [0.29, 0.717) is 6.04 Å². The van der Waals surface area contributed by atoms with E-state index in [0.717, 1.165) is 15.1 Å². The Bertz CT molecular complexity index is 697. The maximum Gasteiger partial charge on any atom is 0.170 e. The molecule has 2 atom stereocenters. The molecule has 0 bridgehead atoms. The summed E-state index contributed by atoms with van der Waals surface area (Å²) in [5, 5.41) is 4.36. The number of thiocarbonyl (C=S) groups is 1. The maximum atomic E-state index is 6.21.